The molecule has 7 heteroatoms. The summed E-state index contributed by atoms with van der Waals surface area (Å²) in [6.07, 6.45) is 0. The van der Waals surface area contributed by atoms with Crippen molar-refractivity contribution in [3.63, 3.8) is 0 Å². The van der Waals surface area contributed by atoms with Crippen molar-refractivity contribution in [2.45, 2.75) is 0 Å². The van der Waals surface area contributed by atoms with Crippen LogP contribution in [-0.2, 0) is 0 Å². The molecule has 0 fully saturated rings. The predicted octanol–water partition coefficient (Wildman–Crippen LogP) is 0.896. The van der Waals surface area contributed by atoms with Gasteiger partial charge in [0.25, 0.3) is 5.69 Å². The van der Waals surface area contributed by atoms with Crippen LogP contribution in [0.4, 0.5) is 5.69 Å². The quantitative estimate of drug-likeness (QED) is 0.342. The number of nitro groups is 1. The maximum atomic E-state index is 10.8. The summed E-state index contributed by atoms with van der Waals surface area (Å²) in [4.78, 5) is 10.1. The molecule has 86 valence electrons. The molecule has 1 aromatic carbocycles. The van der Waals surface area contributed by atoms with Crippen molar-refractivity contribution in [2.75, 3.05) is 14.2 Å². The highest BCUT2D eigenvalue weighted by Crippen LogP contribution is 2.34. The van der Waals surface area contributed by atoms with E-state index in [2.05, 4.69) is 0 Å². The molecule has 0 spiro atoms. The third-order valence-electron chi connectivity index (χ3n) is 1.99. The second-order valence-electron chi connectivity index (χ2n) is 2.90. The fourth-order valence-electron chi connectivity index (χ4n) is 1.24. The molecule has 3 N–H and O–H groups in total. The molecule has 1 aromatic rings. The summed E-state index contributed by atoms with van der Waals surface area (Å²) in [7, 11) is 2.77. The number of nitrogens with zero attached hydrogens (tertiary/aromatic N) is 1. The Morgan fingerprint density at radius 3 is 2.25 bits per heavy atom. The first-order valence-electron chi connectivity index (χ1n) is 4.26. The minimum atomic E-state index is -0.626. The van der Waals surface area contributed by atoms with Gasteiger partial charge in [0.1, 0.15) is 5.84 Å². The van der Waals surface area contributed by atoms with E-state index in [0.29, 0.717) is 5.75 Å². The maximum Gasteiger partial charge on any atom is 0.284 e. The molecule has 0 bridgehead atoms. The predicted molar refractivity (Wildman–Crippen MR) is 57.2 cm³/mol. The van der Waals surface area contributed by atoms with E-state index >= 15 is 0 Å². The lowest BCUT2D eigenvalue weighted by Crippen LogP contribution is -2.14. The summed E-state index contributed by atoms with van der Waals surface area (Å²) in [6.45, 7) is 0. The zero-order valence-corrected chi connectivity index (χ0v) is 8.81. The van der Waals surface area contributed by atoms with Crippen molar-refractivity contribution in [3.8, 4) is 11.5 Å². The standard InChI is InChI=1S/C9H11N3O4/c1-15-7-3-5(9(10)11)6(12(13)14)4-8(7)16-2/h3-4H,1-2H3,(H3,10,11). The van der Waals surface area contributed by atoms with Gasteiger partial charge in [-0.2, -0.15) is 0 Å². The average Bonchev–Trinajstić information content (AvgIpc) is 2.26. The monoisotopic (exact) mass is 225 g/mol. The summed E-state index contributed by atoms with van der Waals surface area (Å²) in [6, 6.07) is 2.48. The van der Waals surface area contributed by atoms with Gasteiger partial charge in [-0.3, -0.25) is 15.5 Å². The molecule has 0 saturated heterocycles. The van der Waals surface area contributed by atoms with Crippen LogP contribution in [0.25, 0.3) is 0 Å². The number of nitrogens with one attached hydrogen (secondary N) is 1. The first-order valence-corrected chi connectivity index (χ1v) is 4.26. The van der Waals surface area contributed by atoms with E-state index in [0.717, 1.165) is 0 Å². The normalized spacial score (nSPS) is 9.62. The zero-order chi connectivity index (χ0) is 12.3. The molecule has 0 aliphatic heterocycles. The van der Waals surface area contributed by atoms with E-state index in [-0.39, 0.29) is 17.0 Å². The van der Waals surface area contributed by atoms with Crippen molar-refractivity contribution < 1.29 is 14.4 Å². The minimum absolute atomic E-state index is 0.00245. The molecule has 0 unspecified atom stereocenters. The van der Waals surface area contributed by atoms with E-state index in [1.165, 1.54) is 26.4 Å². The molecule has 16 heavy (non-hydrogen) atoms. The highest BCUT2D eigenvalue weighted by molar-refractivity contribution is 5.99. The van der Waals surface area contributed by atoms with Gasteiger partial charge in [0.2, 0.25) is 0 Å². The van der Waals surface area contributed by atoms with Crippen LogP contribution in [0.1, 0.15) is 5.56 Å². The molecule has 0 aliphatic carbocycles. The number of nitrogens with two attached hydrogens (primary N) is 1. The van der Waals surface area contributed by atoms with E-state index in [1.54, 1.807) is 0 Å². The number of nitro benzene ring substituents is 1. The Morgan fingerprint density at radius 2 is 1.88 bits per heavy atom. The molecule has 0 aromatic heterocycles. The lowest BCUT2D eigenvalue weighted by Gasteiger charge is -2.09. The Bertz CT molecular complexity index is 404. The molecule has 7 nitrogen and oxygen atoms in total. The van der Waals surface area contributed by atoms with Crippen LogP contribution in [0.5, 0.6) is 11.5 Å². The highest BCUT2D eigenvalue weighted by Gasteiger charge is 2.20. The van der Waals surface area contributed by atoms with E-state index in [1.807, 2.05) is 0 Å². The Morgan fingerprint density at radius 1 is 1.38 bits per heavy atom. The third kappa shape index (κ3) is 2.02. The van der Waals surface area contributed by atoms with Crippen LogP contribution in [0.15, 0.2) is 12.1 Å². The molecule has 0 aliphatic rings. The number of benzene rings is 1. The number of hydrogen-bond donors (Lipinski definition) is 2. The van der Waals surface area contributed by atoms with Crippen molar-refractivity contribution in [3.05, 3.63) is 27.8 Å². The third-order valence-corrected chi connectivity index (χ3v) is 1.99. The molecule has 0 atom stereocenters. The molecule has 0 amide bonds. The zero-order valence-electron chi connectivity index (χ0n) is 8.81. The summed E-state index contributed by atoms with van der Waals surface area (Å²) in [5, 5.41) is 18.0. The lowest BCUT2D eigenvalue weighted by molar-refractivity contribution is -0.385. The SMILES string of the molecule is COc1cc(C(=N)N)c([N+](=O)[O-])cc1OC. The van der Waals surface area contributed by atoms with Gasteiger partial charge in [-0.15, -0.1) is 0 Å². The average molecular weight is 225 g/mol. The van der Waals surface area contributed by atoms with Crippen LogP contribution >= 0.6 is 0 Å². The summed E-state index contributed by atoms with van der Waals surface area (Å²) < 4.78 is 9.88. The molecule has 1 rings (SSSR count). The summed E-state index contributed by atoms with van der Waals surface area (Å²) >= 11 is 0. The fourth-order valence-corrected chi connectivity index (χ4v) is 1.24. The molecular formula is C9H11N3O4. The topological polar surface area (TPSA) is 111 Å². The molecular weight excluding hydrogens is 214 g/mol. The van der Waals surface area contributed by atoms with Crippen LogP contribution in [0.3, 0.4) is 0 Å². The number of hydrogen-bond acceptors (Lipinski definition) is 5. The van der Waals surface area contributed by atoms with Gasteiger partial charge in [-0.1, -0.05) is 0 Å². The molecule has 0 saturated carbocycles. The Kier molecular flexibility index (Phi) is 3.29. The first-order chi connectivity index (χ1) is 7.51. The van der Waals surface area contributed by atoms with Crippen molar-refractivity contribution in [1.82, 2.24) is 0 Å². The Labute approximate surface area is 91.4 Å². The summed E-state index contributed by atoms with van der Waals surface area (Å²) in [5.74, 6) is 0.116. The van der Waals surface area contributed by atoms with Crippen molar-refractivity contribution in [2.24, 2.45) is 5.73 Å². The highest BCUT2D eigenvalue weighted by atomic mass is 16.6. The maximum absolute atomic E-state index is 10.8. The van der Waals surface area contributed by atoms with Crippen molar-refractivity contribution in [1.29, 1.82) is 5.41 Å². The van der Waals surface area contributed by atoms with Gasteiger partial charge >= 0.3 is 0 Å². The number of nitrogen functional groups attached to an aromatic ring is 1. The van der Waals surface area contributed by atoms with Gasteiger partial charge in [-0.05, 0) is 0 Å². The summed E-state index contributed by atoms with van der Waals surface area (Å²) in [5.41, 5.74) is 4.97. The number of rotatable bonds is 4. The molecule has 0 heterocycles. The van der Waals surface area contributed by atoms with E-state index < -0.39 is 10.8 Å². The smallest absolute Gasteiger partial charge is 0.284 e. The lowest BCUT2D eigenvalue weighted by atomic mass is 10.1. The second kappa shape index (κ2) is 4.47. The van der Waals surface area contributed by atoms with Crippen LogP contribution < -0.4 is 15.2 Å². The van der Waals surface area contributed by atoms with Gasteiger partial charge in [0, 0.05) is 6.07 Å². The number of methoxy groups -OCH3 is 2. The van der Waals surface area contributed by atoms with Gasteiger partial charge in [0.05, 0.1) is 30.8 Å². The Hall–Kier alpha value is -2.31. The largest absolute Gasteiger partial charge is 0.493 e. The Balaban J connectivity index is 3.47. The van der Waals surface area contributed by atoms with Crippen LogP contribution in [-0.4, -0.2) is 25.0 Å². The van der Waals surface area contributed by atoms with Gasteiger partial charge < -0.3 is 15.2 Å². The first kappa shape index (κ1) is 11.8. The molecule has 0 radical (unpaired) electrons. The van der Waals surface area contributed by atoms with Gasteiger partial charge in [0.15, 0.2) is 11.5 Å². The van der Waals surface area contributed by atoms with E-state index in [4.69, 9.17) is 20.6 Å². The van der Waals surface area contributed by atoms with Crippen molar-refractivity contribution >= 4 is 11.5 Å². The fraction of sp³-hybridized carbons (Fsp3) is 0.222. The van der Waals surface area contributed by atoms with Crippen LogP contribution in [0.2, 0.25) is 0 Å². The van der Waals surface area contributed by atoms with Gasteiger partial charge in [-0.25, -0.2) is 0 Å². The minimum Gasteiger partial charge on any atom is -0.493 e. The number of amidine groups is 1. The van der Waals surface area contributed by atoms with Crippen LogP contribution in [0, 0.1) is 15.5 Å². The second-order valence-corrected chi connectivity index (χ2v) is 2.90. The van der Waals surface area contributed by atoms with E-state index in [9.17, 15) is 10.1 Å². The number of ether oxygens (including phenoxy) is 2.